The molecule has 1 atom stereocenters. The first-order valence-electron chi connectivity index (χ1n) is 18.2. The van der Waals surface area contributed by atoms with Gasteiger partial charge in [0.1, 0.15) is 0 Å². The van der Waals surface area contributed by atoms with E-state index in [0.29, 0.717) is 6.42 Å². The van der Waals surface area contributed by atoms with Crippen LogP contribution in [-0.4, -0.2) is 11.1 Å². The van der Waals surface area contributed by atoms with Gasteiger partial charge in [0, 0.05) is 6.42 Å². The highest BCUT2D eigenvalue weighted by atomic mass is 16.4. The zero-order chi connectivity index (χ0) is 29.2. The number of aliphatic carboxylic acids is 1. The van der Waals surface area contributed by atoms with Gasteiger partial charge in [-0.25, -0.2) is 0 Å². The number of unbranched alkanes of at least 4 members (excludes halogenated alkanes) is 21. The molecule has 0 spiro atoms. The maximum atomic E-state index is 10.5. The van der Waals surface area contributed by atoms with Gasteiger partial charge in [-0.3, -0.25) is 4.79 Å². The van der Waals surface area contributed by atoms with E-state index in [-0.39, 0.29) is 0 Å². The van der Waals surface area contributed by atoms with Crippen molar-refractivity contribution in [1.82, 2.24) is 0 Å². The van der Waals surface area contributed by atoms with Crippen LogP contribution < -0.4 is 0 Å². The lowest BCUT2D eigenvalue weighted by molar-refractivity contribution is -0.137. The van der Waals surface area contributed by atoms with Crippen LogP contribution in [0.5, 0.6) is 0 Å². The van der Waals surface area contributed by atoms with Crippen LogP contribution in [0.2, 0.25) is 0 Å². The Balaban J connectivity index is 3.83. The molecular formula is C38H72O2. The number of carbonyl (C=O) groups is 1. The van der Waals surface area contributed by atoms with E-state index >= 15 is 0 Å². The Morgan fingerprint density at radius 2 is 0.825 bits per heavy atom. The lowest BCUT2D eigenvalue weighted by atomic mass is 9.89. The minimum absolute atomic E-state index is 0.325. The Labute approximate surface area is 252 Å². The van der Waals surface area contributed by atoms with Crippen LogP contribution in [0.3, 0.4) is 0 Å². The normalized spacial score (nSPS) is 12.7. The summed E-state index contributed by atoms with van der Waals surface area (Å²) in [4.78, 5) is 10.5. The van der Waals surface area contributed by atoms with Crippen molar-refractivity contribution in [3.8, 4) is 0 Å². The number of hydrogen-bond acceptors (Lipinski definition) is 1. The summed E-state index contributed by atoms with van der Waals surface area (Å²) in [5.41, 5.74) is 0. The van der Waals surface area contributed by atoms with Gasteiger partial charge >= 0.3 is 5.97 Å². The van der Waals surface area contributed by atoms with Gasteiger partial charge in [0.2, 0.25) is 0 Å². The molecule has 40 heavy (non-hydrogen) atoms. The third kappa shape index (κ3) is 33.2. The lowest BCUT2D eigenvalue weighted by Crippen LogP contribution is -2.01. The maximum Gasteiger partial charge on any atom is 0.303 e. The molecule has 1 unspecified atom stereocenters. The first kappa shape index (κ1) is 39.0. The van der Waals surface area contributed by atoms with Crippen molar-refractivity contribution in [3.05, 3.63) is 24.3 Å². The second-order valence-corrected chi connectivity index (χ2v) is 12.6. The lowest BCUT2D eigenvalue weighted by Gasteiger charge is -2.17. The zero-order valence-electron chi connectivity index (χ0n) is 27.5. The number of allylic oxidation sites excluding steroid dienone is 4. The van der Waals surface area contributed by atoms with Gasteiger partial charge in [-0.2, -0.15) is 0 Å². The van der Waals surface area contributed by atoms with Gasteiger partial charge in [-0.05, 0) is 44.4 Å². The second kappa shape index (κ2) is 34.2. The number of carboxylic acids is 1. The molecule has 1 N–H and O–H groups in total. The molecule has 0 rings (SSSR count). The Morgan fingerprint density at radius 1 is 0.475 bits per heavy atom. The van der Waals surface area contributed by atoms with E-state index in [1.165, 1.54) is 161 Å². The molecule has 0 aromatic heterocycles. The molecule has 0 aliphatic carbocycles. The standard InChI is InChI=1S/C38H72O2/c1-3-5-7-9-11-19-22-26-30-34-37(33-29-25-10-8-6-4-2)35-31-27-23-20-17-15-13-12-14-16-18-21-24-28-32-36-38(39)40/h12,14-15,17,37H,3-11,13,16,18-36H2,1-2H3,(H,39,40). The monoisotopic (exact) mass is 561 g/mol. The first-order chi connectivity index (χ1) is 19.7. The third-order valence-corrected chi connectivity index (χ3v) is 8.53. The summed E-state index contributed by atoms with van der Waals surface area (Å²) in [6, 6.07) is 0. The van der Waals surface area contributed by atoms with Crippen LogP contribution in [0, 0.1) is 5.92 Å². The van der Waals surface area contributed by atoms with Gasteiger partial charge in [-0.1, -0.05) is 186 Å². The van der Waals surface area contributed by atoms with Crippen molar-refractivity contribution in [2.24, 2.45) is 5.92 Å². The van der Waals surface area contributed by atoms with Crippen molar-refractivity contribution in [2.45, 2.75) is 206 Å². The highest BCUT2D eigenvalue weighted by Crippen LogP contribution is 2.24. The predicted octanol–water partition coefficient (Wildman–Crippen LogP) is 13.5. The topological polar surface area (TPSA) is 37.3 Å². The summed E-state index contributed by atoms with van der Waals surface area (Å²) in [7, 11) is 0. The highest BCUT2D eigenvalue weighted by molar-refractivity contribution is 5.66. The van der Waals surface area contributed by atoms with E-state index in [1.807, 2.05) is 0 Å². The molecule has 236 valence electrons. The average molecular weight is 561 g/mol. The fraction of sp³-hybridized carbons (Fsp3) is 0.868. The van der Waals surface area contributed by atoms with Crippen LogP contribution >= 0.6 is 0 Å². The van der Waals surface area contributed by atoms with E-state index in [9.17, 15) is 4.79 Å². The highest BCUT2D eigenvalue weighted by Gasteiger charge is 2.08. The van der Waals surface area contributed by atoms with Crippen molar-refractivity contribution < 1.29 is 9.90 Å². The number of hydrogen-bond donors (Lipinski definition) is 1. The summed E-state index contributed by atoms with van der Waals surface area (Å²) in [5, 5.41) is 8.65. The maximum absolute atomic E-state index is 10.5. The van der Waals surface area contributed by atoms with Crippen molar-refractivity contribution >= 4 is 5.97 Å². The van der Waals surface area contributed by atoms with Gasteiger partial charge in [-0.15, -0.1) is 0 Å². The van der Waals surface area contributed by atoms with Crippen molar-refractivity contribution in [2.75, 3.05) is 0 Å². The zero-order valence-corrected chi connectivity index (χ0v) is 27.5. The quantitative estimate of drug-likeness (QED) is 0.0640. The molecule has 0 radical (unpaired) electrons. The van der Waals surface area contributed by atoms with E-state index < -0.39 is 5.97 Å². The summed E-state index contributed by atoms with van der Waals surface area (Å²) in [5.74, 6) is 0.323. The van der Waals surface area contributed by atoms with E-state index in [2.05, 4.69) is 38.2 Å². The first-order valence-corrected chi connectivity index (χ1v) is 18.2. The molecule has 0 fully saturated rings. The Bertz CT molecular complexity index is 550. The van der Waals surface area contributed by atoms with Crippen molar-refractivity contribution in [3.63, 3.8) is 0 Å². The molecular weight excluding hydrogens is 488 g/mol. The molecule has 0 aliphatic heterocycles. The summed E-state index contributed by atoms with van der Waals surface area (Å²) < 4.78 is 0. The predicted molar refractivity (Wildman–Crippen MR) is 179 cm³/mol. The number of rotatable bonds is 33. The minimum Gasteiger partial charge on any atom is -0.481 e. The molecule has 2 heteroatoms. The molecule has 0 amide bonds. The van der Waals surface area contributed by atoms with Crippen LogP contribution in [0.15, 0.2) is 24.3 Å². The van der Waals surface area contributed by atoms with Gasteiger partial charge in [0.25, 0.3) is 0 Å². The summed E-state index contributed by atoms with van der Waals surface area (Å²) in [6.07, 6.45) is 48.9. The van der Waals surface area contributed by atoms with E-state index in [1.54, 1.807) is 0 Å². The smallest absolute Gasteiger partial charge is 0.303 e. The van der Waals surface area contributed by atoms with Crippen molar-refractivity contribution in [1.29, 1.82) is 0 Å². The van der Waals surface area contributed by atoms with Crippen LogP contribution in [0.1, 0.15) is 206 Å². The molecule has 0 saturated heterocycles. The number of carboxylic acid groups (broad SMARTS) is 1. The molecule has 0 aromatic carbocycles. The minimum atomic E-state index is -0.664. The van der Waals surface area contributed by atoms with Gasteiger partial charge in [0.15, 0.2) is 0 Å². The molecule has 2 nitrogen and oxygen atoms in total. The summed E-state index contributed by atoms with van der Waals surface area (Å²) >= 11 is 0. The van der Waals surface area contributed by atoms with E-state index in [4.69, 9.17) is 5.11 Å². The summed E-state index contributed by atoms with van der Waals surface area (Å²) in [6.45, 7) is 4.62. The molecule has 0 bridgehead atoms. The second-order valence-electron chi connectivity index (χ2n) is 12.6. The van der Waals surface area contributed by atoms with Crippen LogP contribution in [-0.2, 0) is 4.79 Å². The molecule has 0 heterocycles. The third-order valence-electron chi connectivity index (χ3n) is 8.53. The Morgan fingerprint density at radius 3 is 1.25 bits per heavy atom. The molecule has 0 aliphatic rings. The van der Waals surface area contributed by atoms with E-state index in [0.717, 1.165) is 31.6 Å². The Kier molecular flexibility index (Phi) is 33.3. The molecule has 0 aromatic rings. The van der Waals surface area contributed by atoms with Gasteiger partial charge < -0.3 is 5.11 Å². The fourth-order valence-corrected chi connectivity index (χ4v) is 5.84. The Hall–Kier alpha value is -1.05. The van der Waals surface area contributed by atoms with Crippen LogP contribution in [0.4, 0.5) is 0 Å². The SMILES string of the molecule is CCCCCCCCCCCC(CCCCCC=CCC=CCCCCCCCC(=O)O)CCCCCCCC. The average Bonchev–Trinajstić information content (AvgIpc) is 2.94. The van der Waals surface area contributed by atoms with Gasteiger partial charge in [0.05, 0.1) is 0 Å². The van der Waals surface area contributed by atoms with Crippen LogP contribution in [0.25, 0.3) is 0 Å². The molecule has 0 saturated carbocycles. The largest absolute Gasteiger partial charge is 0.481 e. The fourth-order valence-electron chi connectivity index (χ4n) is 5.84.